The molecule has 0 atom stereocenters. The molecule has 6 aromatic rings. The highest BCUT2D eigenvalue weighted by atomic mass is 35.5. The topological polar surface area (TPSA) is 121 Å². The van der Waals surface area contributed by atoms with Crippen LogP contribution in [0.1, 0.15) is 5.56 Å². The van der Waals surface area contributed by atoms with Crippen molar-refractivity contribution in [3.8, 4) is 34.3 Å². The van der Waals surface area contributed by atoms with E-state index < -0.39 is 32.3 Å². The van der Waals surface area contributed by atoms with E-state index in [9.17, 15) is 8.42 Å². The lowest BCUT2D eigenvalue weighted by molar-refractivity contribution is 0.391. The van der Waals surface area contributed by atoms with Gasteiger partial charge in [0, 0.05) is 58.3 Å². The molecule has 6 rings (SSSR count). The standard InChI is InChI=1S/C29H21ClF2N6O5S2/c1-41-19-5-3-17(25(10-19)42-2)14-38(29-34-15-36-44-29)45(39,40)27-12-21(31)26(11-22(27)32)43-24-6-4-18(30)9-20(24)28-23-13-33-7-8-37(23)16-35-28/h3-13,15-16H,14H2,1-2H3. The molecule has 0 N–H and O–H groups in total. The molecule has 0 unspecified atom stereocenters. The third-order valence-electron chi connectivity index (χ3n) is 6.68. The van der Waals surface area contributed by atoms with Crippen LogP contribution in [0.25, 0.3) is 16.8 Å². The van der Waals surface area contributed by atoms with Crippen molar-refractivity contribution in [1.82, 2.24) is 23.7 Å². The van der Waals surface area contributed by atoms with Gasteiger partial charge in [0.2, 0.25) is 5.13 Å². The van der Waals surface area contributed by atoms with E-state index in [1.807, 2.05) is 0 Å². The third kappa shape index (κ3) is 5.84. The summed E-state index contributed by atoms with van der Waals surface area (Å²) in [6, 6.07) is 10.6. The highest BCUT2D eigenvalue weighted by Gasteiger charge is 2.33. The van der Waals surface area contributed by atoms with Gasteiger partial charge >= 0.3 is 0 Å². The second-order valence-corrected chi connectivity index (χ2v) is 12.4. The number of hydrogen-bond donors (Lipinski definition) is 0. The Morgan fingerprint density at radius 2 is 1.82 bits per heavy atom. The molecule has 3 aromatic carbocycles. The molecule has 0 saturated heterocycles. The Labute approximate surface area is 264 Å². The van der Waals surface area contributed by atoms with Crippen LogP contribution in [0.4, 0.5) is 13.9 Å². The van der Waals surface area contributed by atoms with Crippen LogP contribution in [0.5, 0.6) is 23.0 Å². The molecule has 3 aromatic heterocycles. The van der Waals surface area contributed by atoms with Crippen LogP contribution in [-0.4, -0.2) is 46.4 Å². The van der Waals surface area contributed by atoms with Crippen LogP contribution >= 0.6 is 23.1 Å². The Hall–Kier alpha value is -4.86. The first-order chi connectivity index (χ1) is 21.7. The molecule has 0 saturated carbocycles. The Balaban J connectivity index is 1.37. The fourth-order valence-electron chi connectivity index (χ4n) is 4.52. The number of anilines is 1. The van der Waals surface area contributed by atoms with E-state index in [4.69, 9.17) is 25.8 Å². The molecule has 11 nitrogen and oxygen atoms in total. The summed E-state index contributed by atoms with van der Waals surface area (Å²) >= 11 is 7.01. The molecule has 0 aliphatic carbocycles. The summed E-state index contributed by atoms with van der Waals surface area (Å²) < 4.78 is 81.9. The molecule has 0 aliphatic heterocycles. The number of methoxy groups -OCH3 is 2. The van der Waals surface area contributed by atoms with E-state index in [1.54, 1.807) is 53.6 Å². The lowest BCUT2D eigenvalue weighted by Gasteiger charge is -2.23. The van der Waals surface area contributed by atoms with Crippen molar-refractivity contribution in [1.29, 1.82) is 0 Å². The zero-order valence-corrected chi connectivity index (χ0v) is 25.8. The van der Waals surface area contributed by atoms with Crippen LogP contribution in [-0.2, 0) is 16.6 Å². The zero-order chi connectivity index (χ0) is 31.7. The van der Waals surface area contributed by atoms with Crippen LogP contribution in [0, 0.1) is 11.6 Å². The quantitative estimate of drug-likeness (QED) is 0.163. The molecule has 230 valence electrons. The summed E-state index contributed by atoms with van der Waals surface area (Å²) in [5.74, 6) is -2.06. The third-order valence-corrected chi connectivity index (χ3v) is 9.47. The van der Waals surface area contributed by atoms with Gasteiger partial charge in [-0.1, -0.05) is 11.6 Å². The van der Waals surface area contributed by atoms with Crippen molar-refractivity contribution < 1.29 is 31.4 Å². The first kappa shape index (κ1) is 30.2. The normalized spacial score (nSPS) is 11.5. The Morgan fingerprint density at radius 1 is 0.978 bits per heavy atom. The van der Waals surface area contributed by atoms with Gasteiger partial charge in [-0.2, -0.15) is 4.37 Å². The van der Waals surface area contributed by atoms with Crippen molar-refractivity contribution in [3.05, 3.63) is 102 Å². The minimum Gasteiger partial charge on any atom is -0.497 e. The predicted octanol–water partition coefficient (Wildman–Crippen LogP) is 6.38. The smallest absolute Gasteiger partial charge is 0.269 e. The average Bonchev–Trinajstić information content (AvgIpc) is 3.73. The van der Waals surface area contributed by atoms with Gasteiger partial charge in [0.25, 0.3) is 10.0 Å². The summed E-state index contributed by atoms with van der Waals surface area (Å²) in [4.78, 5) is 11.6. The van der Waals surface area contributed by atoms with Gasteiger partial charge in [-0.15, -0.1) is 0 Å². The second-order valence-electron chi connectivity index (χ2n) is 9.33. The number of fused-ring (bicyclic) bond motifs is 1. The summed E-state index contributed by atoms with van der Waals surface area (Å²) in [5.41, 5.74) is 1.84. The van der Waals surface area contributed by atoms with E-state index in [0.717, 1.165) is 22.2 Å². The molecule has 45 heavy (non-hydrogen) atoms. The monoisotopic (exact) mass is 670 g/mol. The molecular formula is C29H21ClF2N6O5S2. The average molecular weight is 671 g/mol. The Kier molecular flexibility index (Phi) is 8.22. The van der Waals surface area contributed by atoms with Gasteiger partial charge in [-0.3, -0.25) is 4.98 Å². The number of ether oxygens (including phenoxy) is 3. The largest absolute Gasteiger partial charge is 0.497 e. The number of hydrogen-bond acceptors (Lipinski definition) is 10. The van der Waals surface area contributed by atoms with Crippen LogP contribution in [0.15, 0.2) is 84.7 Å². The van der Waals surface area contributed by atoms with E-state index in [-0.39, 0.29) is 17.4 Å². The van der Waals surface area contributed by atoms with Gasteiger partial charge in [0.15, 0.2) is 11.6 Å². The molecule has 0 spiro atoms. The van der Waals surface area contributed by atoms with Crippen molar-refractivity contribution in [3.63, 3.8) is 0 Å². The lowest BCUT2D eigenvalue weighted by atomic mass is 10.1. The first-order valence-electron chi connectivity index (χ1n) is 12.9. The minimum absolute atomic E-state index is 0.0689. The van der Waals surface area contributed by atoms with E-state index >= 15 is 8.78 Å². The fourth-order valence-corrected chi connectivity index (χ4v) is 6.88. The van der Waals surface area contributed by atoms with Gasteiger partial charge in [-0.25, -0.2) is 31.5 Å². The van der Waals surface area contributed by atoms with Gasteiger partial charge < -0.3 is 18.6 Å². The molecule has 0 radical (unpaired) electrons. The number of sulfonamides is 1. The number of nitrogens with zero attached hydrogens (tertiary/aromatic N) is 6. The minimum atomic E-state index is -4.73. The number of benzene rings is 3. The van der Waals surface area contributed by atoms with Crippen LogP contribution < -0.4 is 18.5 Å². The molecule has 0 bridgehead atoms. The summed E-state index contributed by atoms with van der Waals surface area (Å²) in [6.07, 6.45) is 7.58. The molecule has 16 heteroatoms. The summed E-state index contributed by atoms with van der Waals surface area (Å²) in [6.45, 7) is -0.328. The summed E-state index contributed by atoms with van der Waals surface area (Å²) in [7, 11) is -1.85. The summed E-state index contributed by atoms with van der Waals surface area (Å²) in [5, 5.41) is 0.279. The molecule has 0 aliphatic rings. The van der Waals surface area contributed by atoms with Crippen molar-refractivity contribution in [2.45, 2.75) is 11.4 Å². The highest BCUT2D eigenvalue weighted by Crippen LogP contribution is 2.39. The molecular weight excluding hydrogens is 650 g/mol. The van der Waals surface area contributed by atoms with E-state index in [0.29, 0.717) is 51.0 Å². The number of halogens is 3. The van der Waals surface area contributed by atoms with Gasteiger partial charge in [0.1, 0.15) is 46.3 Å². The number of aromatic nitrogens is 5. The maximum atomic E-state index is 15.7. The first-order valence-corrected chi connectivity index (χ1v) is 15.5. The second kappa shape index (κ2) is 12.3. The Morgan fingerprint density at radius 3 is 2.58 bits per heavy atom. The SMILES string of the molecule is COc1ccc(CN(c2ncns2)S(=O)(=O)c2cc(F)c(Oc3ccc(Cl)cc3-c3ncn4ccncc34)cc2F)c(OC)c1. The van der Waals surface area contributed by atoms with Gasteiger partial charge in [0.05, 0.1) is 32.5 Å². The zero-order valence-electron chi connectivity index (χ0n) is 23.4. The highest BCUT2D eigenvalue weighted by molar-refractivity contribution is 7.93. The maximum absolute atomic E-state index is 15.7. The van der Waals surface area contributed by atoms with Gasteiger partial charge in [-0.05, 0) is 30.3 Å². The van der Waals surface area contributed by atoms with E-state index in [2.05, 4.69) is 19.3 Å². The fraction of sp³-hybridized carbons (Fsp3) is 0.103. The van der Waals surface area contributed by atoms with E-state index in [1.165, 1.54) is 26.4 Å². The van der Waals surface area contributed by atoms with Crippen molar-refractivity contribution in [2.24, 2.45) is 0 Å². The van der Waals surface area contributed by atoms with Crippen LogP contribution in [0.2, 0.25) is 5.02 Å². The van der Waals surface area contributed by atoms with Crippen LogP contribution in [0.3, 0.4) is 0 Å². The number of imidazole rings is 1. The Bertz CT molecular complexity index is 2130. The lowest BCUT2D eigenvalue weighted by Crippen LogP contribution is -2.31. The maximum Gasteiger partial charge on any atom is 0.269 e. The number of rotatable bonds is 10. The molecule has 3 heterocycles. The predicted molar refractivity (Wildman–Crippen MR) is 163 cm³/mol. The molecule has 0 fully saturated rings. The molecule has 0 amide bonds. The van der Waals surface area contributed by atoms with Crippen molar-refractivity contribution >= 4 is 43.8 Å². The van der Waals surface area contributed by atoms with Crippen molar-refractivity contribution in [2.75, 3.05) is 18.5 Å².